The van der Waals surface area contributed by atoms with Gasteiger partial charge in [0.05, 0.1) is 0 Å². The van der Waals surface area contributed by atoms with Gasteiger partial charge in [0.15, 0.2) is 0 Å². The Morgan fingerprint density at radius 3 is 2.06 bits per heavy atom. The van der Waals surface area contributed by atoms with Gasteiger partial charge in [0.1, 0.15) is 0 Å². The van der Waals surface area contributed by atoms with Crippen molar-refractivity contribution in [2.24, 2.45) is 0 Å². The molecule has 0 aliphatic rings. The van der Waals surface area contributed by atoms with Crippen LogP contribution in [-0.4, -0.2) is 33.9 Å². The highest BCUT2D eigenvalue weighted by Gasteiger charge is 2.41. The summed E-state index contributed by atoms with van der Waals surface area (Å²) in [6, 6.07) is 0.864. The average Bonchev–Trinajstić information content (AvgIpc) is 2.27. The summed E-state index contributed by atoms with van der Waals surface area (Å²) < 4.78 is 17.6. The fourth-order valence-electron chi connectivity index (χ4n) is 1.44. The summed E-state index contributed by atoms with van der Waals surface area (Å²) in [5.41, 5.74) is 0. The summed E-state index contributed by atoms with van der Waals surface area (Å²) in [5, 5.41) is 0. The molecule has 0 aromatic heterocycles. The quantitative estimate of drug-likeness (QED) is 0.486. The Morgan fingerprint density at radius 1 is 1.12 bits per heavy atom. The fourth-order valence-corrected chi connectivity index (χ4v) is 4.79. The summed E-state index contributed by atoms with van der Waals surface area (Å²) in [6.45, 7) is 9.45. The van der Waals surface area contributed by atoms with Gasteiger partial charge >= 0.3 is 8.80 Å². The van der Waals surface area contributed by atoms with E-state index in [0.717, 1.165) is 24.6 Å². The maximum Gasteiger partial charge on any atom is 0.501 e. The van der Waals surface area contributed by atoms with Gasteiger partial charge in [-0.15, -0.1) is 0 Å². The van der Waals surface area contributed by atoms with Gasteiger partial charge in [0.2, 0.25) is 0 Å². The number of hydrogen-bond donors (Lipinski definition) is 1. The molecule has 1 unspecified atom stereocenters. The van der Waals surface area contributed by atoms with Gasteiger partial charge in [-0.25, -0.2) is 0 Å². The van der Waals surface area contributed by atoms with Gasteiger partial charge in [-0.2, -0.15) is 12.6 Å². The van der Waals surface area contributed by atoms with Crippen LogP contribution in [0.15, 0.2) is 0 Å². The smallest absolute Gasteiger partial charge is 0.374 e. The summed E-state index contributed by atoms with van der Waals surface area (Å²) in [7, 11) is -2.45. The molecule has 0 aliphatic carbocycles. The Labute approximate surface area is 107 Å². The van der Waals surface area contributed by atoms with E-state index in [1.807, 2.05) is 13.8 Å². The molecule has 0 saturated heterocycles. The molecular formula is C11H26O3SSi. The zero-order valence-corrected chi connectivity index (χ0v) is 12.9. The first kappa shape index (κ1) is 16.4. The normalized spacial score (nSPS) is 14.1. The van der Waals surface area contributed by atoms with Crippen molar-refractivity contribution in [2.75, 3.05) is 19.0 Å². The molecule has 0 radical (unpaired) electrons. The molecule has 3 nitrogen and oxygen atoms in total. The summed E-state index contributed by atoms with van der Waals surface area (Å²) in [6.07, 6.45) is 2.16. The standard InChI is InChI=1S/C11H26O3SSi/c1-5-11(4)14-16(12-6-2,13-7-3)10-8-9-15/h11,15H,5-10H2,1-4H3. The number of rotatable bonds is 10. The van der Waals surface area contributed by atoms with Gasteiger partial charge < -0.3 is 13.3 Å². The van der Waals surface area contributed by atoms with E-state index in [4.69, 9.17) is 13.3 Å². The minimum Gasteiger partial charge on any atom is -0.374 e. The van der Waals surface area contributed by atoms with Crippen LogP contribution < -0.4 is 0 Å². The van der Waals surface area contributed by atoms with Crippen LogP contribution in [0.25, 0.3) is 0 Å². The third kappa shape index (κ3) is 6.25. The number of thiol groups is 1. The van der Waals surface area contributed by atoms with E-state index in [1.165, 1.54) is 0 Å². The van der Waals surface area contributed by atoms with Crippen molar-refractivity contribution in [2.45, 2.75) is 52.7 Å². The Balaban J connectivity index is 4.48. The predicted octanol–water partition coefficient (Wildman–Crippen LogP) is 3.13. The largest absolute Gasteiger partial charge is 0.501 e. The van der Waals surface area contributed by atoms with Crippen LogP contribution >= 0.6 is 12.6 Å². The summed E-state index contributed by atoms with van der Waals surface area (Å²) in [4.78, 5) is 0. The highest BCUT2D eigenvalue weighted by molar-refractivity contribution is 7.80. The van der Waals surface area contributed by atoms with Crippen molar-refractivity contribution in [3.63, 3.8) is 0 Å². The Morgan fingerprint density at radius 2 is 1.69 bits per heavy atom. The molecule has 98 valence electrons. The van der Waals surface area contributed by atoms with Crippen LogP contribution in [0.2, 0.25) is 6.04 Å². The van der Waals surface area contributed by atoms with Crippen molar-refractivity contribution in [3.8, 4) is 0 Å². The van der Waals surface area contributed by atoms with Crippen LogP contribution in [0.1, 0.15) is 40.5 Å². The Hall–Kier alpha value is 0.447. The SMILES string of the molecule is CCO[Si](CCCS)(OCC)OC(C)CC. The molecule has 0 N–H and O–H groups in total. The highest BCUT2D eigenvalue weighted by Crippen LogP contribution is 2.21. The van der Waals surface area contributed by atoms with Gasteiger partial charge in [-0.1, -0.05) is 6.92 Å². The zero-order chi connectivity index (χ0) is 12.4. The van der Waals surface area contributed by atoms with Crippen LogP contribution in [0, 0.1) is 0 Å². The van der Waals surface area contributed by atoms with Gasteiger partial charge in [0.25, 0.3) is 0 Å². The second-order valence-corrected chi connectivity index (χ2v) is 6.84. The average molecular weight is 266 g/mol. The van der Waals surface area contributed by atoms with E-state index >= 15 is 0 Å². The topological polar surface area (TPSA) is 27.7 Å². The molecule has 0 aliphatic heterocycles. The second-order valence-electron chi connectivity index (χ2n) is 3.71. The van der Waals surface area contributed by atoms with Gasteiger partial charge in [-0.05, 0) is 39.4 Å². The Bertz CT molecular complexity index is 163. The highest BCUT2D eigenvalue weighted by atomic mass is 32.1. The van der Waals surface area contributed by atoms with Gasteiger partial charge in [-0.3, -0.25) is 0 Å². The molecule has 0 saturated carbocycles. The fraction of sp³-hybridized carbons (Fsp3) is 1.00. The van der Waals surface area contributed by atoms with Crippen LogP contribution in [0.4, 0.5) is 0 Å². The van der Waals surface area contributed by atoms with Gasteiger partial charge in [0, 0.05) is 25.4 Å². The van der Waals surface area contributed by atoms with Crippen molar-refractivity contribution >= 4 is 21.4 Å². The predicted molar refractivity (Wildman–Crippen MR) is 73.1 cm³/mol. The zero-order valence-electron chi connectivity index (χ0n) is 11.0. The van der Waals surface area contributed by atoms with E-state index in [1.54, 1.807) is 0 Å². The third-order valence-electron chi connectivity index (χ3n) is 2.33. The first-order valence-electron chi connectivity index (χ1n) is 6.20. The molecule has 0 aromatic carbocycles. The first-order chi connectivity index (χ1) is 7.64. The molecule has 0 rings (SSSR count). The summed E-state index contributed by atoms with van der Waals surface area (Å²) in [5.74, 6) is 0.846. The molecule has 0 heterocycles. The maximum atomic E-state index is 6.03. The molecule has 0 bridgehead atoms. The minimum atomic E-state index is -2.45. The lowest BCUT2D eigenvalue weighted by atomic mass is 10.3. The molecule has 0 fully saturated rings. The molecule has 1 atom stereocenters. The summed E-state index contributed by atoms with van der Waals surface area (Å²) >= 11 is 4.24. The van der Waals surface area contributed by atoms with E-state index in [0.29, 0.717) is 13.2 Å². The van der Waals surface area contributed by atoms with Crippen LogP contribution in [0.3, 0.4) is 0 Å². The van der Waals surface area contributed by atoms with E-state index < -0.39 is 8.80 Å². The van der Waals surface area contributed by atoms with Crippen molar-refractivity contribution in [1.82, 2.24) is 0 Å². The monoisotopic (exact) mass is 266 g/mol. The molecule has 0 aromatic rings. The molecule has 16 heavy (non-hydrogen) atoms. The van der Waals surface area contributed by atoms with Crippen molar-refractivity contribution in [3.05, 3.63) is 0 Å². The van der Waals surface area contributed by atoms with Crippen molar-refractivity contribution < 1.29 is 13.3 Å². The lowest BCUT2D eigenvalue weighted by Crippen LogP contribution is -2.48. The Kier molecular flexibility index (Phi) is 9.74. The maximum absolute atomic E-state index is 6.03. The van der Waals surface area contributed by atoms with Crippen LogP contribution in [-0.2, 0) is 13.3 Å². The number of hydrogen-bond acceptors (Lipinski definition) is 4. The van der Waals surface area contributed by atoms with E-state index in [2.05, 4.69) is 26.5 Å². The molecule has 0 amide bonds. The third-order valence-corrected chi connectivity index (χ3v) is 5.83. The van der Waals surface area contributed by atoms with E-state index in [-0.39, 0.29) is 6.10 Å². The van der Waals surface area contributed by atoms with Crippen LogP contribution in [0.5, 0.6) is 0 Å². The van der Waals surface area contributed by atoms with Crippen molar-refractivity contribution in [1.29, 1.82) is 0 Å². The second kappa shape index (κ2) is 9.47. The minimum absolute atomic E-state index is 0.199. The lowest BCUT2D eigenvalue weighted by molar-refractivity contribution is 0.0371. The lowest BCUT2D eigenvalue weighted by Gasteiger charge is -2.31. The van der Waals surface area contributed by atoms with E-state index in [9.17, 15) is 0 Å². The molecule has 5 heteroatoms. The molecular weight excluding hydrogens is 240 g/mol. The molecule has 0 spiro atoms. The first-order valence-corrected chi connectivity index (χ1v) is 8.77.